The molecule has 1 saturated heterocycles. The molecular weight excluding hydrogens is 547 g/mol. The quantitative estimate of drug-likeness (QED) is 0.307. The Morgan fingerprint density at radius 1 is 1.17 bits per heavy atom. The van der Waals surface area contributed by atoms with Gasteiger partial charge in [0.15, 0.2) is 5.82 Å². The minimum atomic E-state index is -0.611. The van der Waals surface area contributed by atoms with Crippen LogP contribution in [0.1, 0.15) is 56.1 Å². The molecule has 214 valence electrons. The van der Waals surface area contributed by atoms with Gasteiger partial charge >= 0.3 is 12.1 Å². The molecule has 3 amide bonds. The van der Waals surface area contributed by atoms with Gasteiger partial charge in [-0.3, -0.25) is 15.3 Å². The zero-order chi connectivity index (χ0) is 29.1. The summed E-state index contributed by atoms with van der Waals surface area (Å²) in [5, 5.41) is 9.07. The predicted molar refractivity (Wildman–Crippen MR) is 156 cm³/mol. The highest BCUT2D eigenvalue weighted by Gasteiger charge is 2.34. The molecule has 4 heterocycles. The van der Waals surface area contributed by atoms with E-state index in [4.69, 9.17) is 16.3 Å². The number of nitrogens with one attached hydrogen (secondary N) is 3. The Hall–Kier alpha value is -4.18. The molecule has 11 heteroatoms. The summed E-state index contributed by atoms with van der Waals surface area (Å²) in [4.78, 5) is 35.9. The van der Waals surface area contributed by atoms with E-state index < -0.39 is 18.0 Å². The first kappa shape index (κ1) is 28.4. The summed E-state index contributed by atoms with van der Waals surface area (Å²) in [6.45, 7) is 6.79. The number of rotatable bonds is 3. The smallest absolute Gasteiger partial charge is 0.411 e. The maximum absolute atomic E-state index is 14.6. The number of halogens is 2. The Morgan fingerprint density at radius 3 is 2.76 bits per heavy atom. The number of benzene rings is 1. The van der Waals surface area contributed by atoms with Crippen LogP contribution in [0, 0.1) is 11.7 Å². The molecule has 1 unspecified atom stereocenters. The van der Waals surface area contributed by atoms with Gasteiger partial charge < -0.3 is 20.3 Å². The van der Waals surface area contributed by atoms with Gasteiger partial charge in [-0.05, 0) is 61.1 Å². The zero-order valence-corrected chi connectivity index (χ0v) is 23.7. The highest BCUT2D eigenvalue weighted by atomic mass is 35.5. The first-order chi connectivity index (χ1) is 19.7. The highest BCUT2D eigenvalue weighted by molar-refractivity contribution is 6.30. The number of ether oxygens (including phenoxy) is 1. The van der Waals surface area contributed by atoms with Crippen LogP contribution in [0.2, 0.25) is 5.02 Å². The van der Waals surface area contributed by atoms with Gasteiger partial charge in [-0.2, -0.15) is 0 Å². The number of urea groups is 1. The Morgan fingerprint density at radius 2 is 1.98 bits per heavy atom. The van der Waals surface area contributed by atoms with Crippen molar-refractivity contribution in [2.75, 3.05) is 24.3 Å². The molecule has 1 aromatic carbocycles. The van der Waals surface area contributed by atoms with Gasteiger partial charge in [0, 0.05) is 41.6 Å². The number of nitrogens with zero attached hydrogens (tertiary/aromatic N) is 3. The van der Waals surface area contributed by atoms with E-state index >= 15 is 0 Å². The van der Waals surface area contributed by atoms with E-state index in [0.29, 0.717) is 25.1 Å². The number of methoxy groups -OCH3 is 1. The van der Waals surface area contributed by atoms with Crippen LogP contribution in [0.15, 0.2) is 61.1 Å². The van der Waals surface area contributed by atoms with Gasteiger partial charge in [-0.15, -0.1) is 0 Å². The van der Waals surface area contributed by atoms with E-state index in [1.165, 1.54) is 19.4 Å². The van der Waals surface area contributed by atoms with E-state index in [2.05, 4.69) is 39.4 Å². The molecule has 2 bridgehead atoms. The Bertz CT molecular complexity index is 1480. The molecule has 2 aromatic heterocycles. The summed E-state index contributed by atoms with van der Waals surface area (Å²) in [7, 11) is 1.31. The van der Waals surface area contributed by atoms with Crippen LogP contribution >= 0.6 is 11.6 Å². The lowest BCUT2D eigenvalue weighted by Gasteiger charge is -2.38. The van der Waals surface area contributed by atoms with Crippen molar-refractivity contribution >= 4 is 35.1 Å². The molecule has 3 atom stereocenters. The molecule has 0 saturated carbocycles. The molecular formula is C30H32ClFN6O3. The van der Waals surface area contributed by atoms with Gasteiger partial charge in [-0.25, -0.2) is 14.0 Å². The van der Waals surface area contributed by atoms with Crippen molar-refractivity contribution in [2.45, 2.75) is 44.7 Å². The van der Waals surface area contributed by atoms with Gasteiger partial charge in [0.1, 0.15) is 0 Å². The summed E-state index contributed by atoms with van der Waals surface area (Å²) >= 11 is 5.96. The van der Waals surface area contributed by atoms with E-state index in [1.54, 1.807) is 17.2 Å². The number of hydrogen-bond donors (Lipinski definition) is 3. The van der Waals surface area contributed by atoms with Crippen molar-refractivity contribution in [3.63, 3.8) is 0 Å². The SMILES string of the molecule is C=C1Nc2cc(NC(=O)OC)ccc2-c2ccnc(c2)[C@@H](N2CCC(c3nccc(Cl)c3F)NC2=O)CCC[C@@H]1C. The molecule has 3 N–H and O–H groups in total. The third-order valence-corrected chi connectivity index (χ3v) is 7.97. The van der Waals surface area contributed by atoms with Crippen LogP contribution < -0.4 is 16.0 Å². The number of aromatic nitrogens is 2. The summed E-state index contributed by atoms with van der Waals surface area (Å²) < 4.78 is 19.4. The fourth-order valence-electron chi connectivity index (χ4n) is 5.35. The monoisotopic (exact) mass is 578 g/mol. The van der Waals surface area contributed by atoms with Gasteiger partial charge in [0.05, 0.1) is 35.6 Å². The number of carbonyl (C=O) groups excluding carboxylic acids is 2. The second-order valence-corrected chi connectivity index (χ2v) is 10.7. The number of hydrogen-bond acceptors (Lipinski definition) is 6. The van der Waals surface area contributed by atoms with Crippen LogP contribution in [0.25, 0.3) is 11.1 Å². The van der Waals surface area contributed by atoms with Crippen molar-refractivity contribution in [3.05, 3.63) is 83.3 Å². The van der Waals surface area contributed by atoms with Gasteiger partial charge in [-0.1, -0.05) is 37.6 Å². The molecule has 1 fully saturated rings. The van der Waals surface area contributed by atoms with Gasteiger partial charge in [0.2, 0.25) is 0 Å². The Labute approximate surface area is 243 Å². The maximum Gasteiger partial charge on any atom is 0.411 e. The Balaban J connectivity index is 1.47. The average molecular weight is 579 g/mol. The number of allylic oxidation sites excluding steroid dienone is 1. The molecule has 0 aliphatic carbocycles. The lowest BCUT2D eigenvalue weighted by Crippen LogP contribution is -2.50. The van der Waals surface area contributed by atoms with Crippen LogP contribution in [-0.4, -0.2) is 40.6 Å². The van der Waals surface area contributed by atoms with E-state index in [0.717, 1.165) is 41.0 Å². The van der Waals surface area contributed by atoms with Crippen LogP contribution in [0.5, 0.6) is 0 Å². The summed E-state index contributed by atoms with van der Waals surface area (Å²) in [5.74, 6) is -0.470. The van der Waals surface area contributed by atoms with Crippen molar-refractivity contribution in [3.8, 4) is 11.1 Å². The summed E-state index contributed by atoms with van der Waals surface area (Å²) in [5.41, 5.74) is 4.89. The topological polar surface area (TPSA) is 108 Å². The molecule has 2 aliphatic heterocycles. The Kier molecular flexibility index (Phi) is 8.39. The number of amides is 3. The molecule has 0 radical (unpaired) electrons. The van der Waals surface area contributed by atoms with Gasteiger partial charge in [0.25, 0.3) is 0 Å². The van der Waals surface area contributed by atoms with Crippen LogP contribution in [-0.2, 0) is 4.74 Å². The highest BCUT2D eigenvalue weighted by Crippen LogP contribution is 2.38. The third kappa shape index (κ3) is 6.12. The molecule has 2 aliphatic rings. The van der Waals surface area contributed by atoms with Crippen molar-refractivity contribution in [1.82, 2.24) is 20.2 Å². The van der Waals surface area contributed by atoms with E-state index in [1.807, 2.05) is 24.3 Å². The van der Waals surface area contributed by atoms with E-state index in [9.17, 15) is 14.0 Å². The molecule has 0 spiro atoms. The maximum atomic E-state index is 14.6. The fourth-order valence-corrected chi connectivity index (χ4v) is 5.50. The zero-order valence-electron chi connectivity index (χ0n) is 22.9. The van der Waals surface area contributed by atoms with Crippen LogP contribution in [0.3, 0.4) is 0 Å². The predicted octanol–water partition coefficient (Wildman–Crippen LogP) is 7.06. The lowest BCUT2D eigenvalue weighted by atomic mass is 9.93. The molecule has 9 nitrogen and oxygen atoms in total. The third-order valence-electron chi connectivity index (χ3n) is 7.68. The summed E-state index contributed by atoms with van der Waals surface area (Å²) in [6, 6.07) is 9.68. The second kappa shape index (κ2) is 12.1. The van der Waals surface area contributed by atoms with Crippen LogP contribution in [0.4, 0.5) is 25.4 Å². The number of carbonyl (C=O) groups is 2. The first-order valence-electron chi connectivity index (χ1n) is 13.5. The average Bonchev–Trinajstić information content (AvgIpc) is 2.96. The minimum Gasteiger partial charge on any atom is -0.453 e. The molecule has 41 heavy (non-hydrogen) atoms. The van der Waals surface area contributed by atoms with Crippen molar-refractivity contribution in [1.29, 1.82) is 0 Å². The first-order valence-corrected chi connectivity index (χ1v) is 13.9. The number of fused-ring (bicyclic) bond motifs is 4. The molecule has 5 rings (SSSR count). The fraction of sp³-hybridized carbons (Fsp3) is 0.333. The van der Waals surface area contributed by atoms with Crippen molar-refractivity contribution < 1.29 is 18.7 Å². The largest absolute Gasteiger partial charge is 0.453 e. The normalized spacial score (nSPS) is 21.0. The van der Waals surface area contributed by atoms with E-state index in [-0.39, 0.29) is 28.7 Å². The number of pyridine rings is 2. The van der Waals surface area contributed by atoms with Crippen molar-refractivity contribution in [2.24, 2.45) is 5.92 Å². The minimum absolute atomic E-state index is 0.0225. The second-order valence-electron chi connectivity index (χ2n) is 10.3. The standard InChI is InChI=1S/C30H32ClFN6O3/c1-17-5-4-6-26(38-14-11-23(37-29(38)39)28-27(32)22(31)10-13-34-28)25-15-19(9-12-33-25)21-8-7-20(36-30(40)41-3)16-24(21)35-18(17)2/h7-10,12-13,15-17,23,26,35H,2,4-6,11,14H2,1,3H3,(H,36,40)(H,37,39)/t17-,23?,26-/m0/s1. The lowest BCUT2D eigenvalue weighted by molar-refractivity contribution is 0.141. The molecule has 3 aromatic rings. The summed E-state index contributed by atoms with van der Waals surface area (Å²) in [6.07, 6.45) is 5.46. The number of anilines is 2.